The fraction of sp³-hybridized carbons (Fsp3) is 0.500. The molecule has 2 atom stereocenters. The third-order valence-corrected chi connectivity index (χ3v) is 5.70. The number of hydrogen-bond donors (Lipinski definition) is 2. The summed E-state index contributed by atoms with van der Waals surface area (Å²) in [6.45, 7) is 3.45. The highest BCUT2D eigenvalue weighted by Gasteiger charge is 2.50. The lowest BCUT2D eigenvalue weighted by Crippen LogP contribution is -2.45. The molecular weight excluding hydrogens is 377 g/mol. The van der Waals surface area contributed by atoms with Crippen molar-refractivity contribution in [2.75, 3.05) is 19.6 Å². The van der Waals surface area contributed by atoms with Crippen LogP contribution < -0.4 is 5.32 Å². The summed E-state index contributed by atoms with van der Waals surface area (Å²) in [6, 6.07) is 3.06. The van der Waals surface area contributed by atoms with E-state index in [1.807, 2.05) is 6.92 Å². The number of carbonyl (C=O) groups is 3. The third-order valence-electron chi connectivity index (χ3n) is 5.41. The van der Waals surface area contributed by atoms with Crippen LogP contribution in [0.15, 0.2) is 18.2 Å². The van der Waals surface area contributed by atoms with Crippen LogP contribution in [0.4, 0.5) is 9.18 Å². The van der Waals surface area contributed by atoms with Crippen LogP contribution in [-0.2, 0) is 15.1 Å². The molecule has 2 unspecified atom stereocenters. The van der Waals surface area contributed by atoms with Gasteiger partial charge in [-0.2, -0.15) is 0 Å². The minimum absolute atomic E-state index is 0.166. The van der Waals surface area contributed by atoms with Crippen LogP contribution in [-0.4, -0.2) is 58.0 Å². The van der Waals surface area contributed by atoms with E-state index >= 15 is 0 Å². The first kappa shape index (κ1) is 19.6. The molecule has 3 rings (SSSR count). The quantitative estimate of drug-likeness (QED) is 0.755. The Morgan fingerprint density at radius 2 is 2.11 bits per heavy atom. The first-order valence-corrected chi connectivity index (χ1v) is 9.07. The fourth-order valence-corrected chi connectivity index (χ4v) is 3.62. The highest BCUT2D eigenvalue weighted by Crippen LogP contribution is 2.31. The zero-order valence-electron chi connectivity index (χ0n) is 15.1. The number of imide groups is 1. The van der Waals surface area contributed by atoms with Gasteiger partial charge in [0.05, 0.1) is 10.6 Å². The Morgan fingerprint density at radius 3 is 2.70 bits per heavy atom. The second-order valence-corrected chi connectivity index (χ2v) is 7.63. The molecule has 0 aromatic heterocycles. The molecule has 0 spiro atoms. The highest BCUT2D eigenvalue weighted by atomic mass is 35.5. The number of likely N-dealkylation sites (tertiary alicyclic amines) is 1. The van der Waals surface area contributed by atoms with Crippen molar-refractivity contribution in [3.63, 3.8) is 0 Å². The van der Waals surface area contributed by atoms with E-state index in [1.165, 1.54) is 24.0 Å². The standard InChI is InChI=1S/C18H21ClFN3O4/c1-3-18(27)6-7-22(10-18)14(24)9-23-15(25)17(2,21-16(23)26)11-4-5-13(20)12(19)8-11/h4-5,8,27H,3,6-7,9-10H2,1-2H3,(H,21,26). The van der Waals surface area contributed by atoms with Crippen molar-refractivity contribution in [3.8, 4) is 0 Å². The van der Waals surface area contributed by atoms with Gasteiger partial charge in [-0.3, -0.25) is 14.5 Å². The Balaban J connectivity index is 1.76. The second kappa shape index (κ2) is 6.76. The number of aliphatic hydroxyl groups is 1. The Kier molecular flexibility index (Phi) is 4.90. The van der Waals surface area contributed by atoms with Gasteiger partial charge in [0.25, 0.3) is 5.91 Å². The van der Waals surface area contributed by atoms with Gasteiger partial charge < -0.3 is 15.3 Å². The topological polar surface area (TPSA) is 89.9 Å². The summed E-state index contributed by atoms with van der Waals surface area (Å²) in [4.78, 5) is 40.0. The predicted molar refractivity (Wildman–Crippen MR) is 95.4 cm³/mol. The molecule has 2 N–H and O–H groups in total. The van der Waals surface area contributed by atoms with Crippen molar-refractivity contribution in [3.05, 3.63) is 34.6 Å². The Hall–Kier alpha value is -2.19. The summed E-state index contributed by atoms with van der Waals surface area (Å²) in [5, 5.41) is 12.7. The summed E-state index contributed by atoms with van der Waals surface area (Å²) in [5.41, 5.74) is -2.04. The lowest BCUT2D eigenvalue weighted by Gasteiger charge is -2.24. The third kappa shape index (κ3) is 3.39. The number of rotatable bonds is 4. The summed E-state index contributed by atoms with van der Waals surface area (Å²) < 4.78 is 13.4. The molecule has 4 amide bonds. The van der Waals surface area contributed by atoms with Crippen LogP contribution in [0, 0.1) is 5.82 Å². The zero-order valence-corrected chi connectivity index (χ0v) is 15.8. The van der Waals surface area contributed by atoms with E-state index in [9.17, 15) is 23.9 Å². The van der Waals surface area contributed by atoms with E-state index in [-0.39, 0.29) is 11.6 Å². The number of hydrogen-bond acceptors (Lipinski definition) is 4. The molecule has 0 radical (unpaired) electrons. The molecule has 0 aliphatic carbocycles. The van der Waals surface area contributed by atoms with Crippen molar-refractivity contribution in [2.45, 2.75) is 37.8 Å². The zero-order chi connectivity index (χ0) is 20.0. The Morgan fingerprint density at radius 1 is 1.41 bits per heavy atom. The maximum atomic E-state index is 13.4. The maximum absolute atomic E-state index is 13.4. The first-order chi connectivity index (χ1) is 12.6. The van der Waals surface area contributed by atoms with Crippen molar-refractivity contribution in [2.24, 2.45) is 0 Å². The Labute approximate surface area is 161 Å². The van der Waals surface area contributed by atoms with E-state index in [0.717, 1.165) is 11.0 Å². The molecular formula is C18H21ClFN3O4. The molecule has 27 heavy (non-hydrogen) atoms. The summed E-state index contributed by atoms with van der Waals surface area (Å²) in [5.74, 6) is -1.66. The molecule has 2 aliphatic rings. The molecule has 9 heteroatoms. The van der Waals surface area contributed by atoms with Crippen LogP contribution >= 0.6 is 11.6 Å². The van der Waals surface area contributed by atoms with E-state index < -0.39 is 41.3 Å². The van der Waals surface area contributed by atoms with Gasteiger partial charge in [0, 0.05) is 13.1 Å². The van der Waals surface area contributed by atoms with Gasteiger partial charge in [0.1, 0.15) is 17.9 Å². The van der Waals surface area contributed by atoms with Gasteiger partial charge in [-0.05, 0) is 37.5 Å². The van der Waals surface area contributed by atoms with Crippen LogP contribution in [0.3, 0.4) is 0 Å². The maximum Gasteiger partial charge on any atom is 0.325 e. The van der Waals surface area contributed by atoms with E-state index in [1.54, 1.807) is 0 Å². The van der Waals surface area contributed by atoms with Crippen LogP contribution in [0.2, 0.25) is 5.02 Å². The van der Waals surface area contributed by atoms with Gasteiger partial charge in [-0.15, -0.1) is 0 Å². The van der Waals surface area contributed by atoms with Gasteiger partial charge in [-0.1, -0.05) is 24.6 Å². The van der Waals surface area contributed by atoms with Crippen LogP contribution in [0.1, 0.15) is 32.3 Å². The van der Waals surface area contributed by atoms with Gasteiger partial charge >= 0.3 is 6.03 Å². The summed E-state index contributed by atoms with van der Waals surface area (Å²) in [6.07, 6.45) is 0.977. The first-order valence-electron chi connectivity index (χ1n) is 8.69. The summed E-state index contributed by atoms with van der Waals surface area (Å²) in [7, 11) is 0. The lowest BCUT2D eigenvalue weighted by atomic mass is 9.92. The molecule has 1 aromatic carbocycles. The molecule has 1 aromatic rings. The molecule has 2 fully saturated rings. The average molecular weight is 398 g/mol. The van der Waals surface area contributed by atoms with Crippen molar-refractivity contribution in [1.82, 2.24) is 15.1 Å². The molecule has 0 bridgehead atoms. The van der Waals surface area contributed by atoms with E-state index in [4.69, 9.17) is 11.6 Å². The SMILES string of the molecule is CCC1(O)CCN(C(=O)CN2C(=O)NC(C)(c3ccc(F)c(Cl)c3)C2=O)C1. The van der Waals surface area contributed by atoms with Crippen molar-refractivity contribution >= 4 is 29.4 Å². The normalized spacial score (nSPS) is 28.0. The molecule has 2 saturated heterocycles. The van der Waals surface area contributed by atoms with E-state index in [2.05, 4.69) is 5.32 Å². The number of nitrogens with zero attached hydrogens (tertiary/aromatic N) is 2. The number of urea groups is 1. The second-order valence-electron chi connectivity index (χ2n) is 7.22. The molecule has 146 valence electrons. The van der Waals surface area contributed by atoms with E-state index in [0.29, 0.717) is 24.9 Å². The summed E-state index contributed by atoms with van der Waals surface area (Å²) >= 11 is 5.79. The molecule has 2 heterocycles. The molecule has 7 nitrogen and oxygen atoms in total. The smallest absolute Gasteiger partial charge is 0.325 e. The monoisotopic (exact) mass is 397 g/mol. The number of nitrogens with one attached hydrogen (secondary N) is 1. The minimum Gasteiger partial charge on any atom is -0.388 e. The van der Waals surface area contributed by atoms with Crippen molar-refractivity contribution in [1.29, 1.82) is 0 Å². The number of amides is 4. The largest absolute Gasteiger partial charge is 0.388 e. The Bertz CT molecular complexity index is 820. The van der Waals surface area contributed by atoms with Gasteiger partial charge in [0.2, 0.25) is 5.91 Å². The van der Waals surface area contributed by atoms with Crippen molar-refractivity contribution < 1.29 is 23.9 Å². The molecule has 2 aliphatic heterocycles. The number of carbonyl (C=O) groups excluding carboxylic acids is 3. The lowest BCUT2D eigenvalue weighted by molar-refractivity contribution is -0.138. The minimum atomic E-state index is -1.44. The van der Waals surface area contributed by atoms with Gasteiger partial charge in [-0.25, -0.2) is 9.18 Å². The predicted octanol–water partition coefficient (Wildman–Crippen LogP) is 1.62. The fourth-order valence-electron chi connectivity index (χ4n) is 3.44. The number of β-amino-alcohol motifs (C(OH)–C–C–N with tert-alkyl or cyclic N) is 1. The molecule has 0 saturated carbocycles. The average Bonchev–Trinajstić information content (AvgIpc) is 3.12. The van der Waals surface area contributed by atoms with Crippen LogP contribution in [0.25, 0.3) is 0 Å². The highest BCUT2D eigenvalue weighted by molar-refractivity contribution is 6.30. The van der Waals surface area contributed by atoms with Crippen LogP contribution in [0.5, 0.6) is 0 Å². The van der Waals surface area contributed by atoms with Gasteiger partial charge in [0.15, 0.2) is 0 Å². The number of benzene rings is 1. The number of halogens is 2.